The van der Waals surface area contributed by atoms with Gasteiger partial charge in [-0.05, 0) is 19.4 Å². The summed E-state index contributed by atoms with van der Waals surface area (Å²) >= 11 is 0. The first-order valence-electron chi connectivity index (χ1n) is 5.20. The van der Waals surface area contributed by atoms with Gasteiger partial charge in [0.2, 0.25) is 5.91 Å². The molecule has 15 heavy (non-hydrogen) atoms. The predicted molar refractivity (Wildman–Crippen MR) is 55.9 cm³/mol. The molecule has 3 N–H and O–H groups in total. The van der Waals surface area contributed by atoms with Gasteiger partial charge in [-0.15, -0.1) is 0 Å². The van der Waals surface area contributed by atoms with Crippen molar-refractivity contribution in [3.8, 4) is 0 Å². The predicted octanol–water partition coefficient (Wildman–Crippen LogP) is -0.265. The normalized spacial score (nSPS) is 26.0. The van der Waals surface area contributed by atoms with Crippen molar-refractivity contribution in [2.45, 2.75) is 32.0 Å². The van der Waals surface area contributed by atoms with Gasteiger partial charge in [0.25, 0.3) is 0 Å². The number of hydrogen-bond donors (Lipinski definition) is 2. The second-order valence-corrected chi connectivity index (χ2v) is 4.14. The molecule has 0 aromatic carbocycles. The van der Waals surface area contributed by atoms with Gasteiger partial charge < -0.3 is 11.1 Å². The van der Waals surface area contributed by atoms with Gasteiger partial charge in [-0.2, -0.15) is 5.10 Å². The molecule has 1 aromatic heterocycles. The summed E-state index contributed by atoms with van der Waals surface area (Å²) in [6.07, 6.45) is 4.43. The SMILES string of the molecule is CC(Cn1cccn1)NC(=O)C1CC1N. The number of hydrogen-bond acceptors (Lipinski definition) is 3. The van der Waals surface area contributed by atoms with Crippen LogP contribution >= 0.6 is 0 Å². The van der Waals surface area contributed by atoms with Crippen molar-refractivity contribution >= 4 is 5.91 Å². The number of amides is 1. The third-order valence-corrected chi connectivity index (χ3v) is 2.59. The Morgan fingerprint density at radius 2 is 2.53 bits per heavy atom. The summed E-state index contributed by atoms with van der Waals surface area (Å²) in [5.74, 6) is 0.104. The molecule has 0 spiro atoms. The molecule has 0 radical (unpaired) electrons. The van der Waals surface area contributed by atoms with Gasteiger partial charge in [-0.3, -0.25) is 9.48 Å². The molecule has 5 heteroatoms. The summed E-state index contributed by atoms with van der Waals surface area (Å²) in [5.41, 5.74) is 5.60. The summed E-state index contributed by atoms with van der Waals surface area (Å²) < 4.78 is 1.80. The smallest absolute Gasteiger partial charge is 0.225 e. The topological polar surface area (TPSA) is 72.9 Å². The van der Waals surface area contributed by atoms with Crippen LogP contribution in [-0.2, 0) is 11.3 Å². The minimum absolute atomic E-state index is 0.0325. The fourth-order valence-corrected chi connectivity index (χ4v) is 1.60. The molecule has 5 nitrogen and oxygen atoms in total. The summed E-state index contributed by atoms with van der Waals surface area (Å²) in [4.78, 5) is 11.5. The Kier molecular flexibility index (Phi) is 2.73. The van der Waals surface area contributed by atoms with E-state index < -0.39 is 0 Å². The van der Waals surface area contributed by atoms with Crippen LogP contribution < -0.4 is 11.1 Å². The summed E-state index contributed by atoms with van der Waals surface area (Å²) in [6, 6.07) is 2.03. The third kappa shape index (κ3) is 2.56. The first-order chi connectivity index (χ1) is 7.16. The van der Waals surface area contributed by atoms with E-state index in [4.69, 9.17) is 5.73 Å². The second kappa shape index (κ2) is 4.02. The van der Waals surface area contributed by atoms with Crippen LogP contribution in [0.3, 0.4) is 0 Å². The van der Waals surface area contributed by atoms with Gasteiger partial charge in [0.1, 0.15) is 0 Å². The Hall–Kier alpha value is -1.36. The number of rotatable bonds is 4. The zero-order valence-corrected chi connectivity index (χ0v) is 8.76. The monoisotopic (exact) mass is 208 g/mol. The maximum atomic E-state index is 11.5. The van der Waals surface area contributed by atoms with Gasteiger partial charge >= 0.3 is 0 Å². The number of aromatic nitrogens is 2. The summed E-state index contributed by atoms with van der Waals surface area (Å²) in [5, 5.41) is 7.01. The minimum Gasteiger partial charge on any atom is -0.351 e. The molecular weight excluding hydrogens is 192 g/mol. The molecule has 1 fully saturated rings. The molecule has 1 aromatic rings. The number of nitrogens with two attached hydrogens (primary N) is 1. The Balaban J connectivity index is 1.77. The van der Waals surface area contributed by atoms with Crippen molar-refractivity contribution in [1.82, 2.24) is 15.1 Å². The maximum absolute atomic E-state index is 11.5. The van der Waals surface area contributed by atoms with E-state index in [0.29, 0.717) is 6.54 Å². The van der Waals surface area contributed by atoms with Crippen LogP contribution in [0.25, 0.3) is 0 Å². The zero-order chi connectivity index (χ0) is 10.8. The zero-order valence-electron chi connectivity index (χ0n) is 8.76. The summed E-state index contributed by atoms with van der Waals surface area (Å²) in [6.45, 7) is 2.66. The van der Waals surface area contributed by atoms with Crippen LogP contribution in [0.15, 0.2) is 18.5 Å². The van der Waals surface area contributed by atoms with E-state index in [1.807, 2.05) is 19.2 Å². The van der Waals surface area contributed by atoms with Crippen molar-refractivity contribution in [3.05, 3.63) is 18.5 Å². The van der Waals surface area contributed by atoms with Crippen molar-refractivity contribution in [3.63, 3.8) is 0 Å². The molecular formula is C10H16N4O. The van der Waals surface area contributed by atoms with Gasteiger partial charge in [0.05, 0.1) is 12.5 Å². The van der Waals surface area contributed by atoms with Crippen molar-refractivity contribution < 1.29 is 4.79 Å². The molecule has 3 atom stereocenters. The first kappa shape index (κ1) is 10.2. The van der Waals surface area contributed by atoms with Crippen molar-refractivity contribution in [2.24, 2.45) is 11.7 Å². The highest BCUT2D eigenvalue weighted by Gasteiger charge is 2.40. The Labute approximate surface area is 88.6 Å². The first-order valence-corrected chi connectivity index (χ1v) is 5.20. The lowest BCUT2D eigenvalue weighted by atomic mass is 10.3. The largest absolute Gasteiger partial charge is 0.351 e. The molecule has 3 unspecified atom stereocenters. The minimum atomic E-state index is 0.0325. The molecule has 1 heterocycles. The maximum Gasteiger partial charge on any atom is 0.225 e. The van der Waals surface area contributed by atoms with Crippen LogP contribution in [0.4, 0.5) is 0 Å². The van der Waals surface area contributed by atoms with E-state index in [0.717, 1.165) is 6.42 Å². The molecule has 0 aliphatic heterocycles. The highest BCUT2D eigenvalue weighted by Crippen LogP contribution is 2.27. The van der Waals surface area contributed by atoms with Gasteiger partial charge in [-0.1, -0.05) is 0 Å². The van der Waals surface area contributed by atoms with Crippen LogP contribution in [0.5, 0.6) is 0 Å². The van der Waals surface area contributed by atoms with E-state index in [1.54, 1.807) is 10.9 Å². The quantitative estimate of drug-likeness (QED) is 0.715. The molecule has 82 valence electrons. The van der Waals surface area contributed by atoms with Crippen LogP contribution in [0, 0.1) is 5.92 Å². The molecule has 0 saturated heterocycles. The van der Waals surface area contributed by atoms with Crippen molar-refractivity contribution in [1.29, 1.82) is 0 Å². The van der Waals surface area contributed by atoms with E-state index in [1.165, 1.54) is 0 Å². The van der Waals surface area contributed by atoms with Crippen LogP contribution in [-0.4, -0.2) is 27.8 Å². The number of nitrogens with zero attached hydrogens (tertiary/aromatic N) is 2. The molecule has 1 saturated carbocycles. The second-order valence-electron chi connectivity index (χ2n) is 4.14. The molecule has 0 bridgehead atoms. The third-order valence-electron chi connectivity index (χ3n) is 2.59. The van der Waals surface area contributed by atoms with Crippen molar-refractivity contribution in [2.75, 3.05) is 0 Å². The van der Waals surface area contributed by atoms with Gasteiger partial charge in [0, 0.05) is 24.5 Å². The Morgan fingerprint density at radius 3 is 3.07 bits per heavy atom. The lowest BCUT2D eigenvalue weighted by molar-refractivity contribution is -0.123. The van der Waals surface area contributed by atoms with E-state index in [9.17, 15) is 4.79 Å². The average molecular weight is 208 g/mol. The fraction of sp³-hybridized carbons (Fsp3) is 0.600. The van der Waals surface area contributed by atoms with E-state index in [2.05, 4.69) is 10.4 Å². The van der Waals surface area contributed by atoms with Gasteiger partial charge in [-0.25, -0.2) is 0 Å². The fourth-order valence-electron chi connectivity index (χ4n) is 1.60. The Morgan fingerprint density at radius 1 is 1.80 bits per heavy atom. The highest BCUT2D eigenvalue weighted by molar-refractivity contribution is 5.82. The Bertz CT molecular complexity index is 335. The highest BCUT2D eigenvalue weighted by atomic mass is 16.2. The lowest BCUT2D eigenvalue weighted by Gasteiger charge is -2.13. The van der Waals surface area contributed by atoms with E-state index in [-0.39, 0.29) is 23.9 Å². The average Bonchev–Trinajstić information content (AvgIpc) is 2.70. The summed E-state index contributed by atoms with van der Waals surface area (Å²) in [7, 11) is 0. The van der Waals surface area contributed by atoms with Gasteiger partial charge in [0.15, 0.2) is 0 Å². The molecule has 2 rings (SSSR count). The standard InChI is InChI=1S/C10H16N4O/c1-7(6-14-4-2-3-12-14)13-10(15)8-5-9(8)11/h2-4,7-9H,5-6,11H2,1H3,(H,13,15). The molecule has 1 amide bonds. The number of carbonyl (C=O) groups excluding carboxylic acids is 1. The molecule has 1 aliphatic carbocycles. The molecule has 1 aliphatic rings. The van der Waals surface area contributed by atoms with Crippen LogP contribution in [0.1, 0.15) is 13.3 Å². The van der Waals surface area contributed by atoms with Crippen LogP contribution in [0.2, 0.25) is 0 Å². The number of carbonyl (C=O) groups is 1. The van der Waals surface area contributed by atoms with E-state index >= 15 is 0 Å². The number of nitrogens with one attached hydrogen (secondary N) is 1. The lowest BCUT2D eigenvalue weighted by Crippen LogP contribution is -2.37.